The summed E-state index contributed by atoms with van der Waals surface area (Å²) in [7, 11) is 0. The first-order valence-electron chi connectivity index (χ1n) is 9.71. The molecule has 2 aromatic rings. The van der Waals surface area contributed by atoms with E-state index >= 15 is 0 Å². The highest BCUT2D eigenvalue weighted by atomic mass is 35.5. The fourth-order valence-corrected chi connectivity index (χ4v) is 2.50. The zero-order valence-corrected chi connectivity index (χ0v) is 17.8. The van der Waals surface area contributed by atoms with Crippen LogP contribution in [0, 0.1) is 5.92 Å². The summed E-state index contributed by atoms with van der Waals surface area (Å²) < 4.78 is 5.61. The molecule has 0 saturated heterocycles. The van der Waals surface area contributed by atoms with Crippen molar-refractivity contribution in [3.8, 4) is 5.75 Å². The molecule has 3 N–H and O–H groups in total. The normalized spacial score (nSPS) is 10.4. The zero-order valence-electron chi connectivity index (χ0n) is 17.0. The van der Waals surface area contributed by atoms with Crippen molar-refractivity contribution in [1.29, 1.82) is 0 Å². The predicted molar refractivity (Wildman–Crippen MR) is 115 cm³/mol. The van der Waals surface area contributed by atoms with E-state index in [1.807, 2.05) is 0 Å². The third kappa shape index (κ3) is 8.13. The number of benzene rings is 2. The lowest BCUT2D eigenvalue weighted by molar-refractivity contribution is -0.121. The number of rotatable bonds is 9. The molecule has 8 heteroatoms. The van der Waals surface area contributed by atoms with Crippen LogP contribution < -0.4 is 20.9 Å². The minimum absolute atomic E-state index is 0.0161. The molecule has 0 spiro atoms. The Morgan fingerprint density at radius 2 is 1.50 bits per heavy atom. The van der Waals surface area contributed by atoms with Gasteiger partial charge in [-0.15, -0.1) is 0 Å². The summed E-state index contributed by atoms with van der Waals surface area (Å²) in [5.74, 6) is 0.0759. The molecule has 2 rings (SSSR count). The highest BCUT2D eigenvalue weighted by molar-refractivity contribution is 6.30. The van der Waals surface area contributed by atoms with Crippen LogP contribution in [0.15, 0.2) is 48.5 Å². The van der Waals surface area contributed by atoms with Crippen LogP contribution in [0.4, 0.5) is 0 Å². The van der Waals surface area contributed by atoms with Gasteiger partial charge in [-0.05, 0) is 60.9 Å². The number of carbonyl (C=O) groups is 3. The molecule has 0 aliphatic carbocycles. The Bertz CT molecular complexity index is 852. The van der Waals surface area contributed by atoms with Crippen molar-refractivity contribution in [3.05, 3.63) is 64.7 Å². The lowest BCUT2D eigenvalue weighted by Gasteiger charge is -2.10. The fraction of sp³-hybridized carbons (Fsp3) is 0.318. The standard InChI is InChI=1S/C22H26ClN3O4/c1-15(2)12-14-30-19-9-5-17(6-10-19)22(29)26-25-20(27)11-13-24-21(28)16-3-7-18(23)8-4-16/h3-10,15H,11-14H2,1-2H3,(H,24,28)(H,25,27)(H,26,29). The van der Waals surface area contributed by atoms with Crippen LogP contribution >= 0.6 is 11.6 Å². The van der Waals surface area contributed by atoms with E-state index in [1.165, 1.54) is 0 Å². The number of halogens is 1. The van der Waals surface area contributed by atoms with Gasteiger partial charge in [0, 0.05) is 29.1 Å². The van der Waals surface area contributed by atoms with Crippen molar-refractivity contribution in [1.82, 2.24) is 16.2 Å². The highest BCUT2D eigenvalue weighted by Crippen LogP contribution is 2.13. The number of hydrazine groups is 1. The second-order valence-electron chi connectivity index (χ2n) is 7.07. The lowest BCUT2D eigenvalue weighted by atomic mass is 10.1. The molecule has 160 valence electrons. The molecule has 0 aliphatic heterocycles. The smallest absolute Gasteiger partial charge is 0.269 e. The van der Waals surface area contributed by atoms with Crippen LogP contribution in [-0.4, -0.2) is 30.9 Å². The zero-order chi connectivity index (χ0) is 21.9. The van der Waals surface area contributed by atoms with Crippen LogP contribution in [-0.2, 0) is 4.79 Å². The van der Waals surface area contributed by atoms with Gasteiger partial charge in [-0.3, -0.25) is 25.2 Å². The van der Waals surface area contributed by atoms with Crippen molar-refractivity contribution in [3.63, 3.8) is 0 Å². The molecular weight excluding hydrogens is 406 g/mol. The average Bonchev–Trinajstić information content (AvgIpc) is 2.72. The summed E-state index contributed by atoms with van der Waals surface area (Å²) in [4.78, 5) is 35.9. The van der Waals surface area contributed by atoms with E-state index in [9.17, 15) is 14.4 Å². The van der Waals surface area contributed by atoms with Gasteiger partial charge in [0.05, 0.1) is 6.61 Å². The van der Waals surface area contributed by atoms with E-state index in [2.05, 4.69) is 30.0 Å². The molecule has 3 amide bonds. The van der Waals surface area contributed by atoms with E-state index in [-0.39, 0.29) is 18.9 Å². The van der Waals surface area contributed by atoms with Gasteiger partial charge < -0.3 is 10.1 Å². The Kier molecular flexibility index (Phi) is 9.15. The maximum atomic E-state index is 12.1. The third-order valence-corrected chi connectivity index (χ3v) is 4.39. The Morgan fingerprint density at radius 1 is 0.900 bits per heavy atom. The van der Waals surface area contributed by atoms with E-state index in [0.717, 1.165) is 6.42 Å². The second kappa shape index (κ2) is 11.8. The lowest BCUT2D eigenvalue weighted by Crippen LogP contribution is -2.42. The first kappa shape index (κ1) is 23.2. The van der Waals surface area contributed by atoms with Gasteiger partial charge in [0.2, 0.25) is 5.91 Å². The van der Waals surface area contributed by atoms with Crippen molar-refractivity contribution < 1.29 is 19.1 Å². The van der Waals surface area contributed by atoms with Crippen molar-refractivity contribution in [2.45, 2.75) is 26.7 Å². The number of hydrogen-bond acceptors (Lipinski definition) is 4. The number of amides is 3. The fourth-order valence-electron chi connectivity index (χ4n) is 2.37. The van der Waals surface area contributed by atoms with Crippen molar-refractivity contribution in [2.75, 3.05) is 13.2 Å². The number of hydrogen-bond donors (Lipinski definition) is 3. The van der Waals surface area contributed by atoms with Gasteiger partial charge in [0.15, 0.2) is 0 Å². The third-order valence-electron chi connectivity index (χ3n) is 4.14. The van der Waals surface area contributed by atoms with Gasteiger partial charge in [-0.25, -0.2) is 0 Å². The van der Waals surface area contributed by atoms with Gasteiger partial charge in [0.1, 0.15) is 5.75 Å². The summed E-state index contributed by atoms with van der Waals surface area (Å²) in [5, 5.41) is 3.17. The monoisotopic (exact) mass is 431 g/mol. The molecule has 7 nitrogen and oxygen atoms in total. The molecule has 0 radical (unpaired) electrons. The number of carbonyl (C=O) groups excluding carboxylic acids is 3. The van der Waals surface area contributed by atoms with Gasteiger partial charge >= 0.3 is 0 Å². The van der Waals surface area contributed by atoms with Crippen LogP contribution in [0.5, 0.6) is 5.75 Å². The molecule has 0 aliphatic rings. The van der Waals surface area contributed by atoms with Crippen LogP contribution in [0.2, 0.25) is 5.02 Å². The van der Waals surface area contributed by atoms with Crippen LogP contribution in [0.1, 0.15) is 47.4 Å². The second-order valence-corrected chi connectivity index (χ2v) is 7.51. The maximum absolute atomic E-state index is 12.1. The molecule has 0 heterocycles. The van der Waals surface area contributed by atoms with Crippen molar-refractivity contribution in [2.24, 2.45) is 5.92 Å². The van der Waals surface area contributed by atoms with E-state index in [1.54, 1.807) is 48.5 Å². The Labute approximate surface area is 181 Å². The quantitative estimate of drug-likeness (QED) is 0.530. The van der Waals surface area contributed by atoms with E-state index < -0.39 is 11.8 Å². The summed E-state index contributed by atoms with van der Waals surface area (Å²) >= 11 is 5.78. The molecule has 0 aromatic heterocycles. The molecule has 0 fully saturated rings. The first-order chi connectivity index (χ1) is 14.3. The Balaban J connectivity index is 1.68. The molecule has 30 heavy (non-hydrogen) atoms. The van der Waals surface area contributed by atoms with E-state index in [0.29, 0.717) is 34.4 Å². The summed E-state index contributed by atoms with van der Waals surface area (Å²) in [5.41, 5.74) is 5.51. The topological polar surface area (TPSA) is 96.5 Å². The molecule has 2 aromatic carbocycles. The average molecular weight is 432 g/mol. The minimum atomic E-state index is -0.442. The first-order valence-corrected chi connectivity index (χ1v) is 10.1. The van der Waals surface area contributed by atoms with E-state index in [4.69, 9.17) is 16.3 Å². The maximum Gasteiger partial charge on any atom is 0.269 e. The molecular formula is C22H26ClN3O4. The Morgan fingerprint density at radius 3 is 2.13 bits per heavy atom. The van der Waals surface area contributed by atoms with Crippen molar-refractivity contribution >= 4 is 29.3 Å². The minimum Gasteiger partial charge on any atom is -0.494 e. The molecule has 0 unspecified atom stereocenters. The molecule has 0 atom stereocenters. The Hall–Kier alpha value is -3.06. The van der Waals surface area contributed by atoms with Gasteiger partial charge in [-0.1, -0.05) is 25.4 Å². The molecule has 0 saturated carbocycles. The predicted octanol–water partition coefficient (Wildman–Crippen LogP) is 3.35. The van der Waals surface area contributed by atoms with Gasteiger partial charge in [0.25, 0.3) is 11.8 Å². The van der Waals surface area contributed by atoms with Crippen LogP contribution in [0.25, 0.3) is 0 Å². The summed E-state index contributed by atoms with van der Waals surface area (Å²) in [6.07, 6.45) is 0.969. The number of ether oxygens (including phenoxy) is 1. The van der Waals surface area contributed by atoms with Gasteiger partial charge in [-0.2, -0.15) is 0 Å². The SMILES string of the molecule is CC(C)CCOc1ccc(C(=O)NNC(=O)CCNC(=O)c2ccc(Cl)cc2)cc1. The summed E-state index contributed by atoms with van der Waals surface area (Å²) in [6, 6.07) is 13.1. The highest BCUT2D eigenvalue weighted by Gasteiger charge is 2.09. The summed E-state index contributed by atoms with van der Waals surface area (Å²) in [6.45, 7) is 5.00. The number of nitrogens with one attached hydrogen (secondary N) is 3. The largest absolute Gasteiger partial charge is 0.494 e. The van der Waals surface area contributed by atoms with Crippen LogP contribution in [0.3, 0.4) is 0 Å². The molecule has 0 bridgehead atoms.